The van der Waals surface area contributed by atoms with E-state index >= 15 is 0 Å². The number of nitrogens with zero attached hydrogens (tertiary/aromatic N) is 2. The Morgan fingerprint density at radius 2 is 0.965 bits per heavy atom. The average Bonchev–Trinajstić information content (AvgIpc) is 3.92. The molecule has 0 bridgehead atoms. The maximum atomic E-state index is 12.6. The zero-order chi connectivity index (χ0) is 41.0. The number of oxazole rings is 2. The minimum absolute atomic E-state index is 0.156. The summed E-state index contributed by atoms with van der Waals surface area (Å²) < 4.78 is 24.1. The van der Waals surface area contributed by atoms with Gasteiger partial charge in [-0.15, -0.1) is 11.3 Å². The Bertz CT molecular complexity index is 1910. The molecular weight excluding hydrogens is 733 g/mol. The van der Waals surface area contributed by atoms with Crippen molar-refractivity contribution in [2.75, 3.05) is 13.2 Å². The third kappa shape index (κ3) is 12.8. The van der Waals surface area contributed by atoms with Crippen molar-refractivity contribution in [3.05, 3.63) is 58.7 Å². The number of benzene rings is 2. The van der Waals surface area contributed by atoms with Gasteiger partial charge in [0.15, 0.2) is 11.2 Å². The van der Waals surface area contributed by atoms with Crippen LogP contribution in [0.2, 0.25) is 0 Å². The van der Waals surface area contributed by atoms with Crippen LogP contribution in [0.5, 0.6) is 0 Å². The van der Waals surface area contributed by atoms with E-state index in [2.05, 4.69) is 67.5 Å². The molecule has 0 unspecified atom stereocenters. The molecule has 3 heterocycles. The summed E-state index contributed by atoms with van der Waals surface area (Å²) in [4.78, 5) is 36.8. The molecule has 0 aliphatic carbocycles. The van der Waals surface area contributed by atoms with Crippen molar-refractivity contribution < 1.29 is 27.9 Å². The van der Waals surface area contributed by atoms with E-state index in [4.69, 9.17) is 28.3 Å². The summed E-state index contributed by atoms with van der Waals surface area (Å²) in [6.45, 7) is 18.4. The Morgan fingerprint density at radius 1 is 0.579 bits per heavy atom. The maximum Gasteiger partial charge on any atom is 0.306 e. The molecule has 0 spiro atoms. The van der Waals surface area contributed by atoms with E-state index in [0.29, 0.717) is 50.7 Å². The molecule has 5 aromatic rings. The molecule has 9 heteroatoms. The number of unbranched alkanes of at least 4 members (excludes halogenated alkanes) is 10. The van der Waals surface area contributed by atoms with Gasteiger partial charge in [-0.1, -0.05) is 132 Å². The first-order valence-electron chi connectivity index (χ1n) is 21.6. The number of ether oxygens (including phenoxy) is 2. The Morgan fingerprint density at radius 3 is 1.35 bits per heavy atom. The Labute approximate surface area is 344 Å². The SMILES string of the molecule is CCCCCCCCOC(=O)CCc1cc(C(C)(C)C)c2oc(-c3ccc(-c4nc5cc(CCC(=O)OCCCCCCCC)cc(C(C)(C)C)c5o4)s3)nc2c1. The van der Waals surface area contributed by atoms with Crippen LogP contribution in [0.15, 0.2) is 45.2 Å². The lowest BCUT2D eigenvalue weighted by molar-refractivity contribution is -0.144. The van der Waals surface area contributed by atoms with Crippen molar-refractivity contribution in [1.29, 1.82) is 0 Å². The fourth-order valence-electron chi connectivity index (χ4n) is 7.14. The molecule has 5 rings (SSSR count). The number of fused-ring (bicyclic) bond motifs is 2. The van der Waals surface area contributed by atoms with Crippen LogP contribution in [0.25, 0.3) is 43.7 Å². The molecule has 3 aromatic heterocycles. The van der Waals surface area contributed by atoms with Crippen molar-refractivity contribution in [3.63, 3.8) is 0 Å². The normalized spacial score (nSPS) is 12.2. The van der Waals surface area contributed by atoms with Crippen molar-refractivity contribution in [2.24, 2.45) is 0 Å². The fraction of sp³-hybridized carbons (Fsp3) is 0.583. The maximum absolute atomic E-state index is 12.6. The minimum atomic E-state index is -0.195. The van der Waals surface area contributed by atoms with Crippen LogP contribution < -0.4 is 0 Å². The summed E-state index contributed by atoms with van der Waals surface area (Å²) in [5, 5.41) is 0. The van der Waals surface area contributed by atoms with Crippen LogP contribution >= 0.6 is 11.3 Å². The van der Waals surface area contributed by atoms with E-state index < -0.39 is 0 Å². The van der Waals surface area contributed by atoms with E-state index in [-0.39, 0.29) is 22.8 Å². The van der Waals surface area contributed by atoms with Gasteiger partial charge in [-0.05, 0) is 71.9 Å². The first kappa shape index (κ1) is 44.1. The second-order valence-corrected chi connectivity index (χ2v) is 18.7. The lowest BCUT2D eigenvalue weighted by atomic mass is 9.85. The molecule has 0 saturated carbocycles. The molecule has 2 aromatic carbocycles. The number of carbonyl (C=O) groups is 2. The zero-order valence-corrected chi connectivity index (χ0v) is 36.8. The largest absolute Gasteiger partial charge is 0.466 e. The topological polar surface area (TPSA) is 105 Å². The van der Waals surface area contributed by atoms with E-state index in [1.165, 1.54) is 62.7 Å². The lowest BCUT2D eigenvalue weighted by Crippen LogP contribution is -2.12. The smallest absolute Gasteiger partial charge is 0.306 e. The van der Waals surface area contributed by atoms with Gasteiger partial charge >= 0.3 is 11.9 Å². The third-order valence-electron chi connectivity index (χ3n) is 10.5. The number of hydrogen-bond acceptors (Lipinski definition) is 9. The van der Waals surface area contributed by atoms with Gasteiger partial charge in [0.2, 0.25) is 11.8 Å². The second-order valence-electron chi connectivity index (χ2n) is 17.7. The molecule has 0 fully saturated rings. The molecule has 57 heavy (non-hydrogen) atoms. The van der Waals surface area contributed by atoms with Gasteiger partial charge in [-0.25, -0.2) is 9.97 Å². The van der Waals surface area contributed by atoms with E-state index in [0.717, 1.165) is 79.9 Å². The molecular formula is C48H66N2O6S. The standard InChI is InChI=1S/C48H66N2O6S/c1-9-11-13-15-17-19-27-53-41(51)25-21-33-29-35(47(3,4)5)43-37(31-33)49-45(55-43)39-23-24-40(57-39)46-50-38-32-34(30-36(44(38)56-46)48(6,7)8)22-26-42(52)54-28-20-18-16-14-12-10-2/h23-24,29-32H,9-22,25-28H2,1-8H3. The number of rotatable bonds is 22. The van der Waals surface area contributed by atoms with E-state index in [1.54, 1.807) is 0 Å². The predicted molar refractivity (Wildman–Crippen MR) is 233 cm³/mol. The molecule has 0 aliphatic rings. The number of aryl methyl sites for hydroxylation is 2. The molecule has 0 aliphatic heterocycles. The number of thiophene rings is 1. The predicted octanol–water partition coefficient (Wildman–Crippen LogP) is 13.6. The fourth-order valence-corrected chi connectivity index (χ4v) is 8.00. The number of esters is 2. The summed E-state index contributed by atoms with van der Waals surface area (Å²) in [5.41, 5.74) is 6.89. The molecule has 310 valence electrons. The van der Waals surface area contributed by atoms with Crippen LogP contribution in [0.4, 0.5) is 0 Å². The number of aromatic nitrogens is 2. The van der Waals surface area contributed by atoms with Crippen LogP contribution in [0.1, 0.15) is 168 Å². The highest BCUT2D eigenvalue weighted by Crippen LogP contribution is 2.40. The monoisotopic (exact) mass is 798 g/mol. The minimum Gasteiger partial charge on any atom is -0.466 e. The first-order valence-corrected chi connectivity index (χ1v) is 22.4. The molecule has 0 saturated heterocycles. The van der Waals surface area contributed by atoms with Gasteiger partial charge in [-0.3, -0.25) is 9.59 Å². The molecule has 0 N–H and O–H groups in total. The third-order valence-corrected chi connectivity index (χ3v) is 11.6. The zero-order valence-electron chi connectivity index (χ0n) is 35.9. The Hall–Kier alpha value is -3.98. The van der Waals surface area contributed by atoms with Gasteiger partial charge < -0.3 is 18.3 Å². The lowest BCUT2D eigenvalue weighted by Gasteiger charge is -2.20. The van der Waals surface area contributed by atoms with Gasteiger partial charge in [0.25, 0.3) is 0 Å². The van der Waals surface area contributed by atoms with Gasteiger partial charge in [0.1, 0.15) is 11.0 Å². The molecule has 0 radical (unpaired) electrons. The van der Waals surface area contributed by atoms with Gasteiger partial charge in [0.05, 0.1) is 23.0 Å². The second kappa shape index (κ2) is 20.6. The van der Waals surface area contributed by atoms with E-state index in [1.807, 2.05) is 24.3 Å². The molecule has 8 nitrogen and oxygen atoms in total. The van der Waals surface area contributed by atoms with E-state index in [9.17, 15) is 9.59 Å². The quantitative estimate of drug-likeness (QED) is 0.0503. The van der Waals surface area contributed by atoms with Crippen molar-refractivity contribution in [2.45, 2.75) is 169 Å². The summed E-state index contributed by atoms with van der Waals surface area (Å²) in [6.07, 6.45) is 15.8. The van der Waals surface area contributed by atoms with Crippen molar-refractivity contribution in [1.82, 2.24) is 9.97 Å². The summed E-state index contributed by atoms with van der Waals surface area (Å²) in [6, 6.07) is 12.4. The summed E-state index contributed by atoms with van der Waals surface area (Å²) in [7, 11) is 0. The van der Waals surface area contributed by atoms with Gasteiger partial charge in [-0.2, -0.15) is 0 Å². The van der Waals surface area contributed by atoms with Crippen LogP contribution in [-0.2, 0) is 42.7 Å². The van der Waals surface area contributed by atoms with Crippen LogP contribution in [-0.4, -0.2) is 35.1 Å². The van der Waals surface area contributed by atoms with Crippen molar-refractivity contribution >= 4 is 45.5 Å². The number of carbonyl (C=O) groups excluding carboxylic acids is 2. The molecule has 0 atom stereocenters. The van der Waals surface area contributed by atoms with Crippen LogP contribution in [0.3, 0.4) is 0 Å². The average molecular weight is 799 g/mol. The van der Waals surface area contributed by atoms with Gasteiger partial charge in [0, 0.05) is 24.0 Å². The highest BCUT2D eigenvalue weighted by atomic mass is 32.1. The Balaban J connectivity index is 1.27. The highest BCUT2D eigenvalue weighted by molar-refractivity contribution is 7.18. The summed E-state index contributed by atoms with van der Waals surface area (Å²) in [5.74, 6) is 0.771. The summed E-state index contributed by atoms with van der Waals surface area (Å²) >= 11 is 1.53. The first-order chi connectivity index (χ1) is 27.3. The van der Waals surface area contributed by atoms with Crippen LogP contribution in [0, 0.1) is 0 Å². The molecule has 0 amide bonds. The highest BCUT2D eigenvalue weighted by Gasteiger charge is 2.26. The Kier molecular flexibility index (Phi) is 16.0. The number of hydrogen-bond donors (Lipinski definition) is 0. The van der Waals surface area contributed by atoms with Crippen molar-refractivity contribution in [3.8, 4) is 21.5 Å².